The Hall–Kier alpha value is -2.26. The lowest BCUT2D eigenvalue weighted by atomic mass is 9.80. The first-order chi connectivity index (χ1) is 11.7. The SMILES string of the molecule is COCCn1cnnc1CCNc1cc(C2CC(O)C2)nc(N)n1. The number of methoxy groups -OCH3 is 1. The molecule has 0 spiro atoms. The van der Waals surface area contributed by atoms with Crippen LogP contribution in [0.1, 0.15) is 30.3 Å². The van der Waals surface area contributed by atoms with E-state index in [9.17, 15) is 5.11 Å². The second-order valence-electron chi connectivity index (χ2n) is 5.97. The Morgan fingerprint density at radius 3 is 3.00 bits per heavy atom. The zero-order valence-electron chi connectivity index (χ0n) is 13.7. The zero-order valence-corrected chi connectivity index (χ0v) is 13.7. The maximum atomic E-state index is 9.44. The molecule has 0 aromatic carbocycles. The lowest BCUT2D eigenvalue weighted by Crippen LogP contribution is -2.27. The summed E-state index contributed by atoms with van der Waals surface area (Å²) in [5.41, 5.74) is 6.68. The van der Waals surface area contributed by atoms with E-state index in [0.717, 1.165) is 30.9 Å². The predicted molar refractivity (Wildman–Crippen MR) is 88.5 cm³/mol. The molecule has 2 heterocycles. The molecule has 24 heavy (non-hydrogen) atoms. The molecule has 1 aliphatic carbocycles. The minimum atomic E-state index is -0.221. The molecular weight excluding hydrogens is 310 g/mol. The van der Waals surface area contributed by atoms with Gasteiger partial charge >= 0.3 is 0 Å². The van der Waals surface area contributed by atoms with Crippen molar-refractivity contribution in [2.24, 2.45) is 0 Å². The van der Waals surface area contributed by atoms with Crippen LogP contribution in [0, 0.1) is 0 Å². The molecule has 1 saturated carbocycles. The smallest absolute Gasteiger partial charge is 0.222 e. The number of aliphatic hydroxyl groups excluding tert-OH is 1. The first kappa shape index (κ1) is 16.6. The van der Waals surface area contributed by atoms with Crippen LogP contribution in [0.4, 0.5) is 11.8 Å². The molecule has 130 valence electrons. The summed E-state index contributed by atoms with van der Waals surface area (Å²) in [7, 11) is 1.67. The van der Waals surface area contributed by atoms with Crippen molar-refractivity contribution in [1.82, 2.24) is 24.7 Å². The number of hydrogen-bond acceptors (Lipinski definition) is 8. The van der Waals surface area contributed by atoms with Gasteiger partial charge in [-0.15, -0.1) is 10.2 Å². The summed E-state index contributed by atoms with van der Waals surface area (Å²) in [5, 5.41) is 20.8. The van der Waals surface area contributed by atoms with Gasteiger partial charge in [0.05, 0.1) is 18.4 Å². The van der Waals surface area contributed by atoms with Crippen molar-refractivity contribution in [2.45, 2.75) is 37.8 Å². The number of ether oxygens (including phenoxy) is 1. The maximum absolute atomic E-state index is 9.44. The Labute approximate surface area is 140 Å². The molecule has 4 N–H and O–H groups in total. The van der Waals surface area contributed by atoms with Crippen LogP contribution in [0.25, 0.3) is 0 Å². The number of nitrogen functional groups attached to an aromatic ring is 1. The van der Waals surface area contributed by atoms with E-state index in [4.69, 9.17) is 10.5 Å². The van der Waals surface area contributed by atoms with Crippen LogP contribution in [0.15, 0.2) is 12.4 Å². The van der Waals surface area contributed by atoms with E-state index in [1.807, 2.05) is 10.6 Å². The van der Waals surface area contributed by atoms with Gasteiger partial charge in [0.25, 0.3) is 0 Å². The summed E-state index contributed by atoms with van der Waals surface area (Å²) in [6.07, 6.45) is 3.67. The lowest BCUT2D eigenvalue weighted by molar-refractivity contribution is 0.0732. The second kappa shape index (κ2) is 7.54. The van der Waals surface area contributed by atoms with Crippen LogP contribution in [-0.2, 0) is 17.7 Å². The summed E-state index contributed by atoms with van der Waals surface area (Å²) in [6.45, 7) is 2.01. The summed E-state index contributed by atoms with van der Waals surface area (Å²) in [5.74, 6) is 2.11. The van der Waals surface area contributed by atoms with E-state index in [1.54, 1.807) is 13.4 Å². The molecule has 0 unspecified atom stereocenters. The number of aliphatic hydroxyl groups is 1. The Balaban J connectivity index is 1.56. The van der Waals surface area contributed by atoms with Crippen molar-refractivity contribution in [3.63, 3.8) is 0 Å². The van der Waals surface area contributed by atoms with Crippen molar-refractivity contribution >= 4 is 11.8 Å². The molecule has 1 aliphatic rings. The number of rotatable bonds is 8. The number of nitrogens with zero attached hydrogens (tertiary/aromatic N) is 5. The molecule has 9 nitrogen and oxygen atoms in total. The van der Waals surface area contributed by atoms with Gasteiger partial charge in [-0.3, -0.25) is 0 Å². The van der Waals surface area contributed by atoms with Crippen LogP contribution >= 0.6 is 0 Å². The molecule has 0 bridgehead atoms. The Morgan fingerprint density at radius 1 is 1.42 bits per heavy atom. The summed E-state index contributed by atoms with van der Waals surface area (Å²) in [6, 6.07) is 1.91. The largest absolute Gasteiger partial charge is 0.393 e. The molecule has 0 aliphatic heterocycles. The van der Waals surface area contributed by atoms with Crippen LogP contribution in [-0.4, -0.2) is 56.2 Å². The summed E-state index contributed by atoms with van der Waals surface area (Å²) < 4.78 is 7.05. The molecule has 0 saturated heterocycles. The number of hydrogen-bond donors (Lipinski definition) is 3. The number of aromatic nitrogens is 5. The van der Waals surface area contributed by atoms with Crippen LogP contribution in [0.2, 0.25) is 0 Å². The summed E-state index contributed by atoms with van der Waals surface area (Å²) >= 11 is 0. The van der Waals surface area contributed by atoms with Gasteiger partial charge in [-0.05, 0) is 12.8 Å². The zero-order chi connectivity index (χ0) is 16.9. The highest BCUT2D eigenvalue weighted by molar-refractivity contribution is 5.42. The third kappa shape index (κ3) is 3.98. The minimum Gasteiger partial charge on any atom is -0.393 e. The first-order valence-corrected chi connectivity index (χ1v) is 8.07. The van der Waals surface area contributed by atoms with E-state index in [1.165, 1.54) is 0 Å². The fourth-order valence-electron chi connectivity index (χ4n) is 2.77. The van der Waals surface area contributed by atoms with Crippen molar-refractivity contribution in [1.29, 1.82) is 0 Å². The Bertz CT molecular complexity index is 670. The van der Waals surface area contributed by atoms with Gasteiger partial charge < -0.3 is 25.5 Å². The van der Waals surface area contributed by atoms with E-state index in [2.05, 4.69) is 25.5 Å². The van der Waals surface area contributed by atoms with E-state index >= 15 is 0 Å². The molecule has 0 radical (unpaired) electrons. The van der Waals surface area contributed by atoms with Gasteiger partial charge in [0.15, 0.2) is 0 Å². The van der Waals surface area contributed by atoms with E-state index < -0.39 is 0 Å². The fraction of sp³-hybridized carbons (Fsp3) is 0.600. The van der Waals surface area contributed by atoms with Crippen LogP contribution < -0.4 is 11.1 Å². The Kier molecular flexibility index (Phi) is 5.21. The van der Waals surface area contributed by atoms with Crippen LogP contribution in [0.3, 0.4) is 0 Å². The number of anilines is 2. The Morgan fingerprint density at radius 2 is 2.25 bits per heavy atom. The highest BCUT2D eigenvalue weighted by Crippen LogP contribution is 2.36. The van der Waals surface area contributed by atoms with Crippen molar-refractivity contribution in [3.8, 4) is 0 Å². The van der Waals surface area contributed by atoms with Crippen LogP contribution in [0.5, 0.6) is 0 Å². The quantitative estimate of drug-likeness (QED) is 0.625. The number of nitrogens with one attached hydrogen (secondary N) is 1. The molecule has 1 fully saturated rings. The number of nitrogens with two attached hydrogens (primary N) is 1. The molecule has 2 aromatic heterocycles. The summed E-state index contributed by atoms with van der Waals surface area (Å²) in [4.78, 5) is 8.49. The first-order valence-electron chi connectivity index (χ1n) is 8.07. The molecule has 9 heteroatoms. The third-order valence-corrected chi connectivity index (χ3v) is 4.18. The molecule has 3 rings (SSSR count). The molecule has 0 atom stereocenters. The standard InChI is InChI=1S/C15H23N7O2/c1-24-5-4-22-9-18-21-14(22)2-3-17-13-8-12(19-15(16)20-13)10-6-11(23)7-10/h8-11,23H,2-7H2,1H3,(H3,16,17,19,20). The van der Waals surface area contributed by atoms with Crippen molar-refractivity contribution < 1.29 is 9.84 Å². The van der Waals surface area contributed by atoms with Crippen molar-refractivity contribution in [3.05, 3.63) is 23.9 Å². The van der Waals surface area contributed by atoms with Gasteiger partial charge in [-0.2, -0.15) is 4.98 Å². The van der Waals surface area contributed by atoms with Crippen molar-refractivity contribution in [2.75, 3.05) is 31.3 Å². The average molecular weight is 333 g/mol. The van der Waals surface area contributed by atoms with Gasteiger partial charge in [0, 0.05) is 38.6 Å². The second-order valence-corrected chi connectivity index (χ2v) is 5.97. The lowest BCUT2D eigenvalue weighted by Gasteiger charge is -2.30. The van der Waals surface area contributed by atoms with E-state index in [0.29, 0.717) is 25.4 Å². The normalized spacial score (nSPS) is 19.9. The topological polar surface area (TPSA) is 124 Å². The maximum Gasteiger partial charge on any atom is 0.222 e. The van der Waals surface area contributed by atoms with Gasteiger partial charge in [0.1, 0.15) is 18.0 Å². The van der Waals surface area contributed by atoms with E-state index in [-0.39, 0.29) is 18.0 Å². The third-order valence-electron chi connectivity index (χ3n) is 4.18. The van der Waals surface area contributed by atoms with Gasteiger partial charge in [-0.1, -0.05) is 0 Å². The molecular formula is C15H23N7O2. The fourth-order valence-corrected chi connectivity index (χ4v) is 2.77. The minimum absolute atomic E-state index is 0.221. The monoisotopic (exact) mass is 333 g/mol. The van der Waals surface area contributed by atoms with Gasteiger partial charge in [0.2, 0.25) is 5.95 Å². The predicted octanol–water partition coefficient (Wildman–Crippen LogP) is 0.190. The highest BCUT2D eigenvalue weighted by Gasteiger charge is 2.30. The average Bonchev–Trinajstić information content (AvgIpc) is 2.97. The van der Waals surface area contributed by atoms with Gasteiger partial charge in [-0.25, -0.2) is 4.98 Å². The highest BCUT2D eigenvalue weighted by atomic mass is 16.5. The molecule has 0 amide bonds. The molecule has 2 aromatic rings.